The molecule has 7 heteroatoms. The number of hydrogen-bond acceptors (Lipinski definition) is 4. The molecule has 0 fully saturated rings. The second-order valence-corrected chi connectivity index (χ2v) is 3.82. The van der Waals surface area contributed by atoms with Crippen molar-refractivity contribution >= 4 is 27.6 Å². The highest BCUT2D eigenvalue weighted by Gasteiger charge is 2.17. The van der Waals surface area contributed by atoms with Crippen LogP contribution in [0.1, 0.15) is 17.3 Å². The van der Waals surface area contributed by atoms with Crippen molar-refractivity contribution in [3.8, 4) is 5.75 Å². The number of carbonyl (C=O) groups is 1. The minimum atomic E-state index is -3.01. The van der Waals surface area contributed by atoms with Crippen molar-refractivity contribution in [1.29, 1.82) is 0 Å². The van der Waals surface area contributed by atoms with Gasteiger partial charge in [0.05, 0.1) is 17.9 Å². The molecule has 0 saturated carbocycles. The number of nitrogens with two attached hydrogens (primary N) is 1. The van der Waals surface area contributed by atoms with Gasteiger partial charge in [-0.1, -0.05) is 0 Å². The maximum absolute atomic E-state index is 12.1. The molecular formula is C10H10BrF2NO3. The van der Waals surface area contributed by atoms with E-state index in [0.717, 1.165) is 6.07 Å². The second kappa shape index (κ2) is 5.81. The Morgan fingerprint density at radius 1 is 1.53 bits per heavy atom. The van der Waals surface area contributed by atoms with E-state index in [1.807, 2.05) is 0 Å². The van der Waals surface area contributed by atoms with E-state index in [-0.39, 0.29) is 23.6 Å². The van der Waals surface area contributed by atoms with Crippen LogP contribution < -0.4 is 10.5 Å². The molecule has 0 spiro atoms. The number of benzene rings is 1. The highest BCUT2D eigenvalue weighted by molar-refractivity contribution is 9.10. The molecule has 17 heavy (non-hydrogen) atoms. The van der Waals surface area contributed by atoms with Crippen molar-refractivity contribution in [2.75, 3.05) is 12.3 Å². The number of nitrogen functional groups attached to an aromatic ring is 1. The van der Waals surface area contributed by atoms with Crippen LogP contribution in [-0.4, -0.2) is 19.2 Å². The lowest BCUT2D eigenvalue weighted by Crippen LogP contribution is -2.09. The average molecular weight is 310 g/mol. The summed E-state index contributed by atoms with van der Waals surface area (Å²) in [4.78, 5) is 11.5. The molecule has 4 nitrogen and oxygen atoms in total. The van der Waals surface area contributed by atoms with Crippen molar-refractivity contribution in [2.24, 2.45) is 0 Å². The summed E-state index contributed by atoms with van der Waals surface area (Å²) in [6, 6.07) is 2.42. The number of ether oxygens (including phenoxy) is 2. The van der Waals surface area contributed by atoms with E-state index in [4.69, 9.17) is 10.5 Å². The number of anilines is 1. The monoisotopic (exact) mass is 309 g/mol. The fraction of sp³-hybridized carbons (Fsp3) is 0.300. The summed E-state index contributed by atoms with van der Waals surface area (Å²) in [6.07, 6.45) is 0. The van der Waals surface area contributed by atoms with Crippen LogP contribution in [0.4, 0.5) is 14.5 Å². The fourth-order valence-electron chi connectivity index (χ4n) is 1.13. The van der Waals surface area contributed by atoms with Crippen molar-refractivity contribution in [1.82, 2.24) is 0 Å². The molecule has 0 aliphatic rings. The van der Waals surface area contributed by atoms with Gasteiger partial charge in [-0.05, 0) is 35.0 Å². The van der Waals surface area contributed by atoms with E-state index < -0.39 is 12.6 Å². The van der Waals surface area contributed by atoms with Crippen molar-refractivity contribution in [3.05, 3.63) is 22.2 Å². The average Bonchev–Trinajstić information content (AvgIpc) is 2.21. The Bertz CT molecular complexity index is 426. The molecule has 1 rings (SSSR count). The summed E-state index contributed by atoms with van der Waals surface area (Å²) < 4.78 is 33.4. The van der Waals surface area contributed by atoms with Crippen LogP contribution in [0.3, 0.4) is 0 Å². The lowest BCUT2D eigenvalue weighted by atomic mass is 10.2. The Morgan fingerprint density at radius 2 is 2.18 bits per heavy atom. The first kappa shape index (κ1) is 13.7. The van der Waals surface area contributed by atoms with Crippen LogP contribution in [0.15, 0.2) is 16.6 Å². The molecule has 0 amide bonds. The molecule has 0 atom stereocenters. The normalized spacial score (nSPS) is 10.4. The van der Waals surface area contributed by atoms with Crippen LogP contribution in [0, 0.1) is 0 Å². The number of rotatable bonds is 4. The van der Waals surface area contributed by atoms with Gasteiger partial charge in [0.2, 0.25) is 0 Å². The molecule has 0 radical (unpaired) electrons. The number of hydrogen-bond donors (Lipinski definition) is 1. The number of alkyl halides is 2. The first-order valence-electron chi connectivity index (χ1n) is 4.66. The summed E-state index contributed by atoms with van der Waals surface area (Å²) in [6.45, 7) is -1.19. The van der Waals surface area contributed by atoms with E-state index in [0.29, 0.717) is 4.47 Å². The Labute approximate surface area is 105 Å². The third-order valence-corrected chi connectivity index (χ3v) is 2.47. The number of halogens is 3. The van der Waals surface area contributed by atoms with Gasteiger partial charge in [-0.2, -0.15) is 8.78 Å². The molecule has 1 aromatic carbocycles. The zero-order chi connectivity index (χ0) is 13.0. The molecule has 1 aromatic rings. The largest absolute Gasteiger partial charge is 0.462 e. The zero-order valence-corrected chi connectivity index (χ0v) is 10.5. The molecule has 0 heterocycles. The summed E-state index contributed by atoms with van der Waals surface area (Å²) >= 11 is 3.09. The van der Waals surface area contributed by atoms with Crippen LogP contribution in [-0.2, 0) is 4.74 Å². The van der Waals surface area contributed by atoms with Crippen LogP contribution in [0.2, 0.25) is 0 Å². The second-order valence-electron chi connectivity index (χ2n) is 2.97. The molecular weight excluding hydrogens is 300 g/mol. The summed E-state index contributed by atoms with van der Waals surface area (Å²) in [5.74, 6) is -0.898. The maximum atomic E-state index is 12.1. The lowest BCUT2D eigenvalue weighted by molar-refractivity contribution is -0.0494. The summed E-state index contributed by atoms with van der Waals surface area (Å²) in [5.41, 5.74) is 5.56. The molecule has 0 saturated heterocycles. The quantitative estimate of drug-likeness (QED) is 0.686. The first-order valence-corrected chi connectivity index (χ1v) is 5.46. The maximum Gasteiger partial charge on any atom is 0.387 e. The standard InChI is InChI=1S/C10H10BrF2NO3/c1-2-16-9(15)5-3-8(17-10(12)13)7(14)4-6(5)11/h3-4,10H,2,14H2,1H3. The van der Waals surface area contributed by atoms with Gasteiger partial charge in [-0.3, -0.25) is 0 Å². The van der Waals surface area contributed by atoms with E-state index in [1.165, 1.54) is 6.07 Å². The van der Waals surface area contributed by atoms with E-state index in [9.17, 15) is 13.6 Å². The van der Waals surface area contributed by atoms with Crippen LogP contribution in [0.5, 0.6) is 5.75 Å². The van der Waals surface area contributed by atoms with Crippen LogP contribution in [0.25, 0.3) is 0 Å². The smallest absolute Gasteiger partial charge is 0.387 e. The minimum Gasteiger partial charge on any atom is -0.462 e. The van der Waals surface area contributed by atoms with Gasteiger partial charge in [0.15, 0.2) is 0 Å². The molecule has 2 N–H and O–H groups in total. The highest BCUT2D eigenvalue weighted by atomic mass is 79.9. The third-order valence-electron chi connectivity index (χ3n) is 1.81. The molecule has 0 aliphatic heterocycles. The topological polar surface area (TPSA) is 61.5 Å². The summed E-state index contributed by atoms with van der Waals surface area (Å²) in [5, 5.41) is 0. The predicted octanol–water partition coefficient (Wildman–Crippen LogP) is 2.81. The minimum absolute atomic E-state index is 0.00484. The van der Waals surface area contributed by atoms with Crippen molar-refractivity contribution < 1.29 is 23.0 Å². The fourth-order valence-corrected chi connectivity index (χ4v) is 1.66. The van der Waals surface area contributed by atoms with Crippen molar-refractivity contribution in [2.45, 2.75) is 13.5 Å². The molecule has 0 bridgehead atoms. The van der Waals surface area contributed by atoms with E-state index in [2.05, 4.69) is 20.7 Å². The highest BCUT2D eigenvalue weighted by Crippen LogP contribution is 2.31. The molecule has 0 aromatic heterocycles. The number of esters is 1. The number of carbonyl (C=O) groups excluding carboxylic acids is 1. The SMILES string of the molecule is CCOC(=O)c1cc(OC(F)F)c(N)cc1Br. The van der Waals surface area contributed by atoms with Gasteiger partial charge in [-0.25, -0.2) is 4.79 Å². The van der Waals surface area contributed by atoms with Gasteiger partial charge >= 0.3 is 12.6 Å². The van der Waals surface area contributed by atoms with Crippen molar-refractivity contribution in [3.63, 3.8) is 0 Å². The molecule has 0 unspecified atom stereocenters. The lowest BCUT2D eigenvalue weighted by Gasteiger charge is -2.11. The Kier molecular flexibility index (Phi) is 4.68. The van der Waals surface area contributed by atoms with Gasteiger partial charge in [0.1, 0.15) is 5.75 Å². The molecule has 0 aliphatic carbocycles. The van der Waals surface area contributed by atoms with E-state index >= 15 is 0 Å². The van der Waals surface area contributed by atoms with Gasteiger partial charge in [-0.15, -0.1) is 0 Å². The van der Waals surface area contributed by atoms with Crippen LogP contribution >= 0.6 is 15.9 Å². The zero-order valence-electron chi connectivity index (χ0n) is 8.88. The summed E-state index contributed by atoms with van der Waals surface area (Å²) in [7, 11) is 0. The first-order chi connectivity index (χ1) is 7.95. The predicted molar refractivity (Wildman–Crippen MR) is 61.1 cm³/mol. The Morgan fingerprint density at radius 3 is 2.71 bits per heavy atom. The van der Waals surface area contributed by atoms with E-state index in [1.54, 1.807) is 6.92 Å². The molecule has 94 valence electrons. The van der Waals surface area contributed by atoms with Gasteiger partial charge < -0.3 is 15.2 Å². The Balaban J connectivity index is 3.09. The van der Waals surface area contributed by atoms with Gasteiger partial charge in [0, 0.05) is 4.47 Å². The Hall–Kier alpha value is -1.37. The van der Waals surface area contributed by atoms with Gasteiger partial charge in [0.25, 0.3) is 0 Å². The third kappa shape index (κ3) is 3.55.